The SMILES string of the molecule is BC1(C)C=NC(C(C)C)=CC1C(C)C. The van der Waals surface area contributed by atoms with Crippen LogP contribution >= 0.6 is 0 Å². The maximum Gasteiger partial charge on any atom is 0.116 e. The van der Waals surface area contributed by atoms with Gasteiger partial charge in [-0.1, -0.05) is 40.7 Å². The Bertz CT molecular complexity index is 261. The van der Waals surface area contributed by atoms with Crippen LogP contribution in [0.4, 0.5) is 0 Å². The molecule has 0 N–H and O–H groups in total. The summed E-state index contributed by atoms with van der Waals surface area (Å²) in [5, 5.41) is 0.215. The lowest BCUT2D eigenvalue weighted by atomic mass is 9.58. The molecule has 1 nitrogen and oxygen atoms in total. The van der Waals surface area contributed by atoms with E-state index in [1.807, 2.05) is 0 Å². The molecule has 2 unspecified atom stereocenters. The molecule has 0 spiro atoms. The number of nitrogens with zero attached hydrogens (tertiary/aromatic N) is 1. The molecular weight excluding hydrogens is 169 g/mol. The minimum Gasteiger partial charge on any atom is -0.266 e. The first-order valence-electron chi connectivity index (χ1n) is 5.61. The Hall–Kier alpha value is -0.525. The highest BCUT2D eigenvalue weighted by Gasteiger charge is 2.31. The van der Waals surface area contributed by atoms with Crippen LogP contribution in [-0.4, -0.2) is 14.1 Å². The molecule has 0 aromatic heterocycles. The van der Waals surface area contributed by atoms with Gasteiger partial charge in [0.25, 0.3) is 0 Å². The summed E-state index contributed by atoms with van der Waals surface area (Å²) in [4.78, 5) is 4.55. The summed E-state index contributed by atoms with van der Waals surface area (Å²) in [6, 6.07) is 0. The largest absolute Gasteiger partial charge is 0.266 e. The van der Waals surface area contributed by atoms with E-state index in [1.165, 1.54) is 5.70 Å². The Balaban J connectivity index is 2.95. The zero-order valence-electron chi connectivity index (χ0n) is 10.3. The topological polar surface area (TPSA) is 12.4 Å². The van der Waals surface area contributed by atoms with E-state index in [0.717, 1.165) is 0 Å². The Morgan fingerprint density at radius 1 is 1.36 bits per heavy atom. The van der Waals surface area contributed by atoms with Crippen molar-refractivity contribution in [1.29, 1.82) is 0 Å². The fourth-order valence-electron chi connectivity index (χ4n) is 2.16. The minimum atomic E-state index is 0.215. The predicted molar refractivity (Wildman–Crippen MR) is 66.7 cm³/mol. The van der Waals surface area contributed by atoms with Crippen molar-refractivity contribution in [3.8, 4) is 0 Å². The molecule has 1 heterocycles. The Kier molecular flexibility index (Phi) is 3.23. The van der Waals surface area contributed by atoms with Crippen LogP contribution in [-0.2, 0) is 0 Å². The lowest BCUT2D eigenvalue weighted by Crippen LogP contribution is -2.28. The van der Waals surface area contributed by atoms with Crippen LogP contribution in [0, 0.1) is 17.8 Å². The first-order valence-corrected chi connectivity index (χ1v) is 5.61. The van der Waals surface area contributed by atoms with Crippen molar-refractivity contribution in [2.75, 3.05) is 0 Å². The second-order valence-electron chi connectivity index (χ2n) is 5.60. The van der Waals surface area contributed by atoms with Gasteiger partial charge in [-0.3, -0.25) is 4.99 Å². The molecule has 0 bridgehead atoms. The third-order valence-corrected chi connectivity index (χ3v) is 3.07. The Morgan fingerprint density at radius 2 is 1.93 bits per heavy atom. The third-order valence-electron chi connectivity index (χ3n) is 3.07. The molecule has 0 saturated carbocycles. The smallest absolute Gasteiger partial charge is 0.116 e. The van der Waals surface area contributed by atoms with Crippen molar-refractivity contribution < 1.29 is 0 Å². The standard InChI is InChI=1S/C12H22BN/c1-8(2)10-6-11(9(3)4)14-7-12(10,5)13/h6-10H,13H2,1-5H3. The normalized spacial score (nSPS) is 32.5. The maximum atomic E-state index is 4.55. The van der Waals surface area contributed by atoms with Gasteiger partial charge in [0.1, 0.15) is 7.85 Å². The average molecular weight is 191 g/mol. The van der Waals surface area contributed by atoms with Crippen molar-refractivity contribution in [2.24, 2.45) is 22.7 Å². The van der Waals surface area contributed by atoms with Crippen LogP contribution in [0.1, 0.15) is 34.6 Å². The molecule has 0 aromatic carbocycles. The van der Waals surface area contributed by atoms with Gasteiger partial charge in [0.2, 0.25) is 0 Å². The van der Waals surface area contributed by atoms with Crippen LogP contribution in [0.25, 0.3) is 0 Å². The van der Waals surface area contributed by atoms with Gasteiger partial charge in [-0.15, -0.1) is 0 Å². The molecule has 0 fully saturated rings. The highest BCUT2D eigenvalue weighted by atomic mass is 14.8. The van der Waals surface area contributed by atoms with E-state index in [4.69, 9.17) is 0 Å². The summed E-state index contributed by atoms with van der Waals surface area (Å²) in [6.45, 7) is 11.3. The summed E-state index contributed by atoms with van der Waals surface area (Å²) in [6.07, 6.45) is 4.50. The van der Waals surface area contributed by atoms with Crippen LogP contribution < -0.4 is 0 Å². The molecule has 0 aliphatic carbocycles. The molecule has 0 amide bonds. The molecule has 1 rings (SSSR count). The molecule has 2 heteroatoms. The number of allylic oxidation sites excluding steroid dienone is 2. The van der Waals surface area contributed by atoms with Gasteiger partial charge in [-0.25, -0.2) is 0 Å². The zero-order chi connectivity index (χ0) is 10.9. The Labute approximate surface area is 89.1 Å². The quantitative estimate of drug-likeness (QED) is 0.595. The van der Waals surface area contributed by atoms with Crippen LogP contribution in [0.2, 0.25) is 5.31 Å². The van der Waals surface area contributed by atoms with Crippen molar-refractivity contribution in [1.82, 2.24) is 0 Å². The van der Waals surface area contributed by atoms with E-state index in [1.54, 1.807) is 0 Å². The lowest BCUT2D eigenvalue weighted by Gasteiger charge is -2.35. The molecule has 0 saturated heterocycles. The van der Waals surface area contributed by atoms with Crippen molar-refractivity contribution >= 4 is 14.1 Å². The Morgan fingerprint density at radius 3 is 2.36 bits per heavy atom. The van der Waals surface area contributed by atoms with Gasteiger partial charge < -0.3 is 0 Å². The first-order chi connectivity index (χ1) is 6.34. The van der Waals surface area contributed by atoms with Crippen LogP contribution in [0.15, 0.2) is 16.8 Å². The van der Waals surface area contributed by atoms with Gasteiger partial charge in [0.15, 0.2) is 0 Å². The summed E-state index contributed by atoms with van der Waals surface area (Å²) in [7, 11) is 2.27. The molecule has 78 valence electrons. The number of hydrogen-bond donors (Lipinski definition) is 0. The monoisotopic (exact) mass is 191 g/mol. The summed E-state index contributed by atoms with van der Waals surface area (Å²) < 4.78 is 0. The highest BCUT2D eigenvalue weighted by molar-refractivity contribution is 6.25. The van der Waals surface area contributed by atoms with E-state index in [-0.39, 0.29) is 5.31 Å². The molecule has 2 atom stereocenters. The number of hydrogen-bond acceptors (Lipinski definition) is 1. The predicted octanol–water partition coefficient (Wildman–Crippen LogP) is 2.69. The summed E-state index contributed by atoms with van der Waals surface area (Å²) >= 11 is 0. The van der Waals surface area contributed by atoms with Gasteiger partial charge >= 0.3 is 0 Å². The second kappa shape index (κ2) is 3.92. The van der Waals surface area contributed by atoms with Crippen LogP contribution in [0.3, 0.4) is 0 Å². The van der Waals surface area contributed by atoms with Crippen molar-refractivity contribution in [3.05, 3.63) is 11.8 Å². The summed E-state index contributed by atoms with van der Waals surface area (Å²) in [5.74, 6) is 1.85. The zero-order valence-corrected chi connectivity index (χ0v) is 10.3. The minimum absolute atomic E-state index is 0.215. The van der Waals surface area contributed by atoms with E-state index < -0.39 is 0 Å². The highest BCUT2D eigenvalue weighted by Crippen LogP contribution is 2.40. The molecule has 0 aromatic rings. The number of rotatable bonds is 2. The second-order valence-corrected chi connectivity index (χ2v) is 5.60. The molecule has 14 heavy (non-hydrogen) atoms. The van der Waals surface area contributed by atoms with Crippen molar-refractivity contribution in [3.63, 3.8) is 0 Å². The molecule has 1 aliphatic heterocycles. The van der Waals surface area contributed by atoms with Gasteiger partial charge in [0.05, 0.1) is 0 Å². The summed E-state index contributed by atoms with van der Waals surface area (Å²) in [5.41, 5.74) is 1.25. The fraction of sp³-hybridized carbons (Fsp3) is 0.750. The van der Waals surface area contributed by atoms with E-state index in [2.05, 4.69) is 59.7 Å². The fourth-order valence-corrected chi connectivity index (χ4v) is 2.16. The molecule has 0 radical (unpaired) electrons. The number of aliphatic imine (C=N–C) groups is 1. The van der Waals surface area contributed by atoms with Crippen molar-refractivity contribution in [2.45, 2.75) is 39.9 Å². The lowest BCUT2D eigenvalue weighted by molar-refractivity contribution is 0.408. The van der Waals surface area contributed by atoms with Crippen LogP contribution in [0.5, 0.6) is 0 Å². The van der Waals surface area contributed by atoms with E-state index in [9.17, 15) is 0 Å². The van der Waals surface area contributed by atoms with E-state index >= 15 is 0 Å². The van der Waals surface area contributed by atoms with E-state index in [0.29, 0.717) is 17.8 Å². The molecular formula is C12H22BN. The third kappa shape index (κ3) is 2.28. The van der Waals surface area contributed by atoms with Gasteiger partial charge in [0, 0.05) is 11.9 Å². The first kappa shape index (κ1) is 11.5. The molecule has 1 aliphatic rings. The maximum absolute atomic E-state index is 4.55. The van der Waals surface area contributed by atoms with Gasteiger partial charge in [-0.05, 0) is 23.1 Å². The average Bonchev–Trinajstić information content (AvgIpc) is 2.02. The van der Waals surface area contributed by atoms with Gasteiger partial charge in [-0.2, -0.15) is 0 Å².